The summed E-state index contributed by atoms with van der Waals surface area (Å²) < 4.78 is 0. The van der Waals surface area contributed by atoms with E-state index in [0.717, 1.165) is 0 Å². The molecule has 0 amide bonds. The second-order valence-electron chi connectivity index (χ2n) is 2.96. The van der Waals surface area contributed by atoms with Crippen LogP contribution in [0.2, 0.25) is 0 Å². The first-order valence-corrected chi connectivity index (χ1v) is 5.38. The number of rotatable bonds is 4. The molecule has 0 fully saturated rings. The van der Waals surface area contributed by atoms with Gasteiger partial charge in [0, 0.05) is 0 Å². The van der Waals surface area contributed by atoms with Gasteiger partial charge in [-0.3, -0.25) is 0 Å². The smallest absolute Gasteiger partial charge is 0.0742 e. The van der Waals surface area contributed by atoms with Crippen LogP contribution in [0.25, 0.3) is 0 Å². The summed E-state index contributed by atoms with van der Waals surface area (Å²) in [7, 11) is 0. The van der Waals surface area contributed by atoms with Crippen LogP contribution in [0.4, 0.5) is 0 Å². The molecule has 2 atom stereocenters. The second kappa shape index (κ2) is 30.1. The van der Waals surface area contributed by atoms with Gasteiger partial charge in [-0.1, -0.05) is 0 Å². The standard InChI is InChI=1S/2C3H8O2.2C2H6O2/c2*1-3(5)2-4;2*3-1-2-4/h2*3-5H,2H2,1H3;2*3-4H,1-2H2. The van der Waals surface area contributed by atoms with Crippen molar-refractivity contribution in [2.75, 3.05) is 39.6 Å². The SMILES string of the molecule is CC(O)CO.CC(O)CO.OCCO.OCCO. The molecule has 0 aromatic rings. The normalized spacial score (nSPS) is 11.7. The van der Waals surface area contributed by atoms with Crippen LogP contribution in [0, 0.1) is 0 Å². The molecule has 0 aliphatic rings. The highest BCUT2D eigenvalue weighted by molar-refractivity contribution is 4.34. The quantitative estimate of drug-likeness (QED) is 0.264. The van der Waals surface area contributed by atoms with Gasteiger partial charge in [-0.05, 0) is 13.8 Å². The summed E-state index contributed by atoms with van der Waals surface area (Å²) >= 11 is 0. The van der Waals surface area contributed by atoms with Crippen molar-refractivity contribution >= 4 is 0 Å². The van der Waals surface area contributed by atoms with E-state index in [-0.39, 0.29) is 39.6 Å². The minimum absolute atomic E-state index is 0.125. The van der Waals surface area contributed by atoms with Gasteiger partial charge in [0.25, 0.3) is 0 Å². The zero-order valence-electron chi connectivity index (χ0n) is 11.0. The fourth-order valence-corrected chi connectivity index (χ4v) is 0. The molecule has 0 aromatic heterocycles. The fourth-order valence-electron chi connectivity index (χ4n) is 0. The summed E-state index contributed by atoms with van der Waals surface area (Å²) in [6.45, 7) is 2.28. The Morgan fingerprint density at radius 3 is 0.667 bits per heavy atom. The molecule has 0 heterocycles. The van der Waals surface area contributed by atoms with Gasteiger partial charge in [0.1, 0.15) is 0 Å². The molecular weight excluding hydrogens is 248 g/mol. The lowest BCUT2D eigenvalue weighted by Crippen LogP contribution is -2.03. The largest absolute Gasteiger partial charge is 0.394 e. The number of hydrogen-bond acceptors (Lipinski definition) is 8. The average molecular weight is 276 g/mol. The van der Waals surface area contributed by atoms with Crippen molar-refractivity contribution in [2.45, 2.75) is 26.1 Å². The molecule has 2 unspecified atom stereocenters. The van der Waals surface area contributed by atoms with E-state index in [0.29, 0.717) is 0 Å². The molecule has 0 saturated carbocycles. The monoisotopic (exact) mass is 276 g/mol. The average Bonchev–Trinajstić information content (AvgIpc) is 2.39. The molecule has 0 rings (SSSR count). The summed E-state index contributed by atoms with van der Waals surface area (Å²) in [5.41, 5.74) is 0. The second-order valence-corrected chi connectivity index (χ2v) is 2.96. The lowest BCUT2D eigenvalue weighted by molar-refractivity contribution is 0.110. The molecule has 0 radical (unpaired) electrons. The van der Waals surface area contributed by atoms with Crippen LogP contribution in [-0.2, 0) is 0 Å². The van der Waals surface area contributed by atoms with E-state index in [1.807, 2.05) is 0 Å². The maximum absolute atomic E-state index is 8.11. The number of hydrogen-bond donors (Lipinski definition) is 8. The molecule has 0 aliphatic heterocycles. The van der Waals surface area contributed by atoms with E-state index in [1.54, 1.807) is 0 Å². The predicted octanol–water partition coefficient (Wildman–Crippen LogP) is -3.34. The highest BCUT2D eigenvalue weighted by Gasteiger charge is 1.83. The Balaban J connectivity index is -0.0000000731. The van der Waals surface area contributed by atoms with Crippen LogP contribution in [0.1, 0.15) is 13.8 Å². The van der Waals surface area contributed by atoms with Gasteiger partial charge >= 0.3 is 0 Å². The van der Waals surface area contributed by atoms with E-state index < -0.39 is 12.2 Å². The van der Waals surface area contributed by atoms with Gasteiger partial charge in [0.15, 0.2) is 0 Å². The molecule has 8 heteroatoms. The van der Waals surface area contributed by atoms with Crippen LogP contribution < -0.4 is 0 Å². The topological polar surface area (TPSA) is 162 Å². The lowest BCUT2D eigenvalue weighted by Gasteiger charge is -1.90. The Hall–Kier alpha value is -0.320. The van der Waals surface area contributed by atoms with E-state index in [1.165, 1.54) is 13.8 Å². The van der Waals surface area contributed by atoms with Crippen LogP contribution in [0.15, 0.2) is 0 Å². The van der Waals surface area contributed by atoms with Crippen LogP contribution in [0.3, 0.4) is 0 Å². The summed E-state index contributed by atoms with van der Waals surface area (Å²) in [6.07, 6.45) is -1.12. The van der Waals surface area contributed by atoms with Crippen molar-refractivity contribution in [1.82, 2.24) is 0 Å². The van der Waals surface area contributed by atoms with Crippen LogP contribution >= 0.6 is 0 Å². The van der Waals surface area contributed by atoms with Crippen LogP contribution in [-0.4, -0.2) is 92.7 Å². The summed E-state index contributed by atoms with van der Waals surface area (Å²) in [5, 5.41) is 62.5. The highest BCUT2D eigenvalue weighted by atomic mass is 16.3. The molecule has 8 nitrogen and oxygen atoms in total. The minimum atomic E-state index is -0.560. The van der Waals surface area contributed by atoms with Gasteiger partial charge in [-0.25, -0.2) is 0 Å². The molecule has 8 N–H and O–H groups in total. The van der Waals surface area contributed by atoms with Crippen molar-refractivity contribution < 1.29 is 40.9 Å². The maximum atomic E-state index is 8.11. The van der Waals surface area contributed by atoms with Gasteiger partial charge in [0.05, 0.1) is 51.8 Å². The third-order valence-electron chi connectivity index (χ3n) is 0.728. The summed E-state index contributed by atoms with van der Waals surface area (Å²) in [4.78, 5) is 0. The van der Waals surface area contributed by atoms with Gasteiger partial charge in [-0.15, -0.1) is 0 Å². The zero-order valence-corrected chi connectivity index (χ0v) is 11.0. The Morgan fingerprint density at radius 1 is 0.556 bits per heavy atom. The third kappa shape index (κ3) is 105. The third-order valence-corrected chi connectivity index (χ3v) is 0.728. The molecular formula is C10H28O8. The molecule has 0 bridgehead atoms. The Bertz CT molecular complexity index is 83.9. The molecule has 0 aliphatic carbocycles. The van der Waals surface area contributed by atoms with Gasteiger partial charge in [-0.2, -0.15) is 0 Å². The van der Waals surface area contributed by atoms with E-state index >= 15 is 0 Å². The summed E-state index contributed by atoms with van der Waals surface area (Å²) in [5.74, 6) is 0. The van der Waals surface area contributed by atoms with E-state index in [2.05, 4.69) is 0 Å². The molecule has 0 spiro atoms. The molecule has 0 aromatic carbocycles. The van der Waals surface area contributed by atoms with E-state index in [4.69, 9.17) is 40.9 Å². The van der Waals surface area contributed by atoms with Crippen LogP contribution in [0.5, 0.6) is 0 Å². The van der Waals surface area contributed by atoms with Crippen molar-refractivity contribution in [2.24, 2.45) is 0 Å². The van der Waals surface area contributed by atoms with Crippen molar-refractivity contribution in [1.29, 1.82) is 0 Å². The van der Waals surface area contributed by atoms with Crippen molar-refractivity contribution in [3.05, 3.63) is 0 Å². The maximum Gasteiger partial charge on any atom is 0.0742 e. The number of aliphatic hydroxyl groups excluding tert-OH is 8. The fraction of sp³-hybridized carbons (Fsp3) is 1.00. The first kappa shape index (κ1) is 26.3. The highest BCUT2D eigenvalue weighted by Crippen LogP contribution is 1.69. The summed E-state index contributed by atoms with van der Waals surface area (Å²) in [6, 6.07) is 0. The molecule has 0 saturated heterocycles. The van der Waals surface area contributed by atoms with Gasteiger partial charge < -0.3 is 40.9 Å². The van der Waals surface area contributed by atoms with Crippen molar-refractivity contribution in [3.63, 3.8) is 0 Å². The molecule has 18 heavy (non-hydrogen) atoms. The Morgan fingerprint density at radius 2 is 0.667 bits per heavy atom. The zero-order chi connectivity index (χ0) is 15.4. The first-order chi connectivity index (χ1) is 8.37. The van der Waals surface area contributed by atoms with Crippen molar-refractivity contribution in [3.8, 4) is 0 Å². The lowest BCUT2D eigenvalue weighted by atomic mass is 10.5. The van der Waals surface area contributed by atoms with E-state index in [9.17, 15) is 0 Å². The predicted molar refractivity (Wildman–Crippen MR) is 65.9 cm³/mol. The Labute approximate surface area is 107 Å². The van der Waals surface area contributed by atoms with Gasteiger partial charge in [0.2, 0.25) is 0 Å². The first-order valence-electron chi connectivity index (χ1n) is 5.38. The number of aliphatic hydroxyl groups is 8. The minimum Gasteiger partial charge on any atom is -0.394 e. The Kier molecular flexibility index (Phi) is 43.9. The molecule has 116 valence electrons.